The Kier molecular flexibility index (Phi) is 7.41. The highest BCUT2D eigenvalue weighted by atomic mass is 32.2. The summed E-state index contributed by atoms with van der Waals surface area (Å²) >= 11 is 1.63. The summed E-state index contributed by atoms with van der Waals surface area (Å²) in [6.07, 6.45) is 2.69. The first kappa shape index (κ1) is 21.1. The number of alkyl halides is 3. The van der Waals surface area contributed by atoms with Crippen molar-refractivity contribution in [1.29, 1.82) is 0 Å². The van der Waals surface area contributed by atoms with E-state index in [0.717, 1.165) is 43.9 Å². The molecule has 1 saturated carbocycles. The van der Waals surface area contributed by atoms with Crippen molar-refractivity contribution in [3.05, 3.63) is 35.4 Å². The molecule has 0 aliphatic heterocycles. The van der Waals surface area contributed by atoms with E-state index in [1.807, 2.05) is 6.26 Å². The van der Waals surface area contributed by atoms with Gasteiger partial charge in [-0.3, -0.25) is 4.79 Å². The molecule has 0 aromatic heterocycles. The SMILES string of the molecule is CSCC[C@H](N)C(=O)NCC1(c2cccc(C(F)(F)F)c2)CCCCC1. The van der Waals surface area contributed by atoms with Crippen molar-refractivity contribution in [2.24, 2.45) is 5.73 Å². The Hall–Kier alpha value is -1.21. The number of amides is 1. The van der Waals surface area contributed by atoms with Gasteiger partial charge in [-0.05, 0) is 42.9 Å². The van der Waals surface area contributed by atoms with Crippen molar-refractivity contribution < 1.29 is 18.0 Å². The predicted molar refractivity (Wildman–Crippen MR) is 100 cm³/mol. The fourth-order valence-corrected chi connectivity index (χ4v) is 4.07. The molecule has 0 heterocycles. The van der Waals surface area contributed by atoms with Gasteiger partial charge in [-0.1, -0.05) is 37.5 Å². The quantitative estimate of drug-likeness (QED) is 0.739. The average molecular weight is 388 g/mol. The van der Waals surface area contributed by atoms with Crippen LogP contribution in [0.25, 0.3) is 0 Å². The minimum absolute atomic E-state index is 0.226. The van der Waals surface area contributed by atoms with Gasteiger partial charge in [-0.2, -0.15) is 24.9 Å². The number of nitrogens with two attached hydrogens (primary N) is 1. The van der Waals surface area contributed by atoms with Crippen LogP contribution >= 0.6 is 11.8 Å². The number of thioether (sulfide) groups is 1. The van der Waals surface area contributed by atoms with Crippen LogP contribution in [0.1, 0.15) is 49.7 Å². The lowest BCUT2D eigenvalue weighted by Gasteiger charge is -2.38. The Balaban J connectivity index is 2.17. The molecular formula is C19H27F3N2OS. The Labute approximate surface area is 157 Å². The number of rotatable bonds is 7. The minimum atomic E-state index is -4.37. The standard InChI is InChI=1S/C19H27F3N2OS/c1-26-11-8-16(23)17(25)24-13-18(9-3-2-4-10-18)14-6-5-7-15(12-14)19(20,21)22/h5-7,12,16H,2-4,8-11,13,23H2,1H3,(H,24,25)/t16-/m0/s1. The first-order valence-electron chi connectivity index (χ1n) is 8.98. The van der Waals surface area contributed by atoms with Crippen molar-refractivity contribution in [3.8, 4) is 0 Å². The van der Waals surface area contributed by atoms with Crippen LogP contribution in [0.15, 0.2) is 24.3 Å². The van der Waals surface area contributed by atoms with E-state index >= 15 is 0 Å². The topological polar surface area (TPSA) is 55.1 Å². The molecule has 0 saturated heterocycles. The molecule has 0 spiro atoms. The highest BCUT2D eigenvalue weighted by Gasteiger charge is 2.37. The van der Waals surface area contributed by atoms with Gasteiger partial charge < -0.3 is 11.1 Å². The molecule has 0 unspecified atom stereocenters. The molecule has 1 aliphatic carbocycles. The smallest absolute Gasteiger partial charge is 0.354 e. The molecule has 1 aromatic carbocycles. The van der Waals surface area contributed by atoms with E-state index in [1.54, 1.807) is 17.8 Å². The zero-order valence-corrected chi connectivity index (χ0v) is 15.9. The Morgan fingerprint density at radius 2 is 2.00 bits per heavy atom. The molecule has 3 N–H and O–H groups in total. The molecule has 1 aliphatic rings. The second-order valence-corrected chi connectivity index (χ2v) is 8.01. The third-order valence-corrected chi connectivity index (χ3v) is 5.83. The lowest BCUT2D eigenvalue weighted by atomic mass is 9.69. The first-order chi connectivity index (χ1) is 12.3. The van der Waals surface area contributed by atoms with Crippen LogP contribution in [0.2, 0.25) is 0 Å². The number of carbonyl (C=O) groups excluding carboxylic acids is 1. The Morgan fingerprint density at radius 3 is 2.62 bits per heavy atom. The van der Waals surface area contributed by atoms with Crippen molar-refractivity contribution in [1.82, 2.24) is 5.32 Å². The zero-order valence-electron chi connectivity index (χ0n) is 15.1. The van der Waals surface area contributed by atoms with Gasteiger partial charge in [-0.25, -0.2) is 0 Å². The number of benzene rings is 1. The first-order valence-corrected chi connectivity index (χ1v) is 10.4. The molecule has 1 fully saturated rings. The molecule has 2 rings (SSSR count). The number of carbonyl (C=O) groups is 1. The molecule has 1 atom stereocenters. The minimum Gasteiger partial charge on any atom is -0.354 e. The summed E-state index contributed by atoms with van der Waals surface area (Å²) < 4.78 is 39.3. The maximum absolute atomic E-state index is 13.1. The lowest BCUT2D eigenvalue weighted by Crippen LogP contribution is -2.48. The highest BCUT2D eigenvalue weighted by Crippen LogP contribution is 2.41. The normalized spacial score (nSPS) is 18.3. The number of hydrogen-bond donors (Lipinski definition) is 2. The Morgan fingerprint density at radius 1 is 1.31 bits per heavy atom. The van der Waals surface area contributed by atoms with Gasteiger partial charge in [0, 0.05) is 12.0 Å². The molecule has 146 valence electrons. The summed E-state index contributed by atoms with van der Waals surface area (Å²) in [4.78, 5) is 12.3. The average Bonchev–Trinajstić information content (AvgIpc) is 2.64. The third kappa shape index (κ3) is 5.39. The van der Waals surface area contributed by atoms with Gasteiger partial charge in [0.25, 0.3) is 0 Å². The fourth-order valence-electron chi connectivity index (χ4n) is 3.58. The summed E-state index contributed by atoms with van der Waals surface area (Å²) in [6.45, 7) is 0.333. The summed E-state index contributed by atoms with van der Waals surface area (Å²) in [7, 11) is 0. The van der Waals surface area contributed by atoms with Crippen molar-refractivity contribution in [3.63, 3.8) is 0 Å². The number of nitrogens with one attached hydrogen (secondary N) is 1. The zero-order chi connectivity index (χ0) is 19.2. The Bertz CT molecular complexity index is 601. The summed E-state index contributed by atoms with van der Waals surface area (Å²) in [5, 5.41) is 2.90. The van der Waals surface area contributed by atoms with Crippen LogP contribution in [0.4, 0.5) is 13.2 Å². The van der Waals surface area contributed by atoms with E-state index in [1.165, 1.54) is 12.1 Å². The van der Waals surface area contributed by atoms with E-state index in [4.69, 9.17) is 5.73 Å². The van der Waals surface area contributed by atoms with Gasteiger partial charge in [0.15, 0.2) is 0 Å². The van der Waals surface area contributed by atoms with Crippen LogP contribution in [0.3, 0.4) is 0 Å². The predicted octanol–water partition coefficient (Wildman–Crippen LogP) is 4.10. The molecule has 0 bridgehead atoms. The van der Waals surface area contributed by atoms with Crippen LogP contribution < -0.4 is 11.1 Å². The van der Waals surface area contributed by atoms with Crippen LogP contribution in [0, 0.1) is 0 Å². The van der Waals surface area contributed by atoms with Gasteiger partial charge in [0.05, 0.1) is 11.6 Å². The summed E-state index contributed by atoms with van der Waals surface area (Å²) in [5.74, 6) is 0.573. The highest BCUT2D eigenvalue weighted by molar-refractivity contribution is 7.98. The van der Waals surface area contributed by atoms with Gasteiger partial charge in [-0.15, -0.1) is 0 Å². The van der Waals surface area contributed by atoms with Crippen LogP contribution in [-0.2, 0) is 16.4 Å². The van der Waals surface area contributed by atoms with Gasteiger partial charge in [0.1, 0.15) is 0 Å². The molecule has 3 nitrogen and oxygen atoms in total. The van der Waals surface area contributed by atoms with Crippen LogP contribution in [0.5, 0.6) is 0 Å². The summed E-state index contributed by atoms with van der Waals surface area (Å²) in [6, 6.07) is 4.97. The van der Waals surface area contributed by atoms with E-state index in [2.05, 4.69) is 5.32 Å². The number of halogens is 3. The van der Waals surface area contributed by atoms with E-state index in [9.17, 15) is 18.0 Å². The molecule has 1 aromatic rings. The maximum atomic E-state index is 13.1. The fraction of sp³-hybridized carbons (Fsp3) is 0.632. The lowest BCUT2D eigenvalue weighted by molar-refractivity contribution is -0.137. The van der Waals surface area contributed by atoms with Crippen molar-refractivity contribution in [2.75, 3.05) is 18.6 Å². The van der Waals surface area contributed by atoms with Crippen LogP contribution in [-0.4, -0.2) is 30.5 Å². The maximum Gasteiger partial charge on any atom is 0.416 e. The van der Waals surface area contributed by atoms with E-state index in [0.29, 0.717) is 18.5 Å². The van der Waals surface area contributed by atoms with Gasteiger partial charge >= 0.3 is 6.18 Å². The van der Waals surface area contributed by atoms with E-state index in [-0.39, 0.29) is 5.91 Å². The monoisotopic (exact) mass is 388 g/mol. The molecule has 26 heavy (non-hydrogen) atoms. The second kappa shape index (κ2) is 9.13. The molecule has 1 amide bonds. The third-order valence-electron chi connectivity index (χ3n) is 5.18. The molecule has 7 heteroatoms. The van der Waals surface area contributed by atoms with Crippen molar-refractivity contribution >= 4 is 17.7 Å². The van der Waals surface area contributed by atoms with Gasteiger partial charge in [0.2, 0.25) is 5.91 Å². The number of hydrogen-bond acceptors (Lipinski definition) is 3. The second-order valence-electron chi connectivity index (χ2n) is 7.03. The van der Waals surface area contributed by atoms with E-state index < -0.39 is 23.2 Å². The largest absolute Gasteiger partial charge is 0.416 e. The summed E-state index contributed by atoms with van der Waals surface area (Å²) in [5.41, 5.74) is 5.48. The molecule has 0 radical (unpaired) electrons. The molecular weight excluding hydrogens is 361 g/mol. The van der Waals surface area contributed by atoms with Crippen molar-refractivity contribution in [2.45, 2.75) is 56.2 Å².